The minimum atomic E-state index is -3.38. The molecule has 0 spiro atoms. The van der Waals surface area contributed by atoms with Gasteiger partial charge in [0.2, 0.25) is 5.91 Å². The number of benzene rings is 1. The van der Waals surface area contributed by atoms with Gasteiger partial charge in [0.05, 0.1) is 14.2 Å². The monoisotopic (exact) mass is 636 g/mol. The summed E-state index contributed by atoms with van der Waals surface area (Å²) in [5, 5.41) is 32.7. The lowest BCUT2D eigenvalue weighted by Crippen LogP contribution is -2.57. The predicted molar refractivity (Wildman–Crippen MR) is 164 cm³/mol. The summed E-state index contributed by atoms with van der Waals surface area (Å²) in [5.41, 5.74) is 2.25. The van der Waals surface area contributed by atoms with Gasteiger partial charge in [-0.15, -0.1) is 0 Å². The highest BCUT2D eigenvalue weighted by atomic mass is 16.7. The Morgan fingerprint density at radius 2 is 1.51 bits per heavy atom. The number of unbranched alkanes of at least 4 members (excludes halogenated alkanes) is 8. The van der Waals surface area contributed by atoms with E-state index in [4.69, 9.17) is 9.47 Å². The number of carbonyl (C=O) groups is 5. The van der Waals surface area contributed by atoms with Crippen molar-refractivity contribution in [2.45, 2.75) is 102 Å². The van der Waals surface area contributed by atoms with Crippen LogP contribution in [0.3, 0.4) is 0 Å². The molecule has 5 N–H and O–H groups in total. The van der Waals surface area contributed by atoms with Crippen LogP contribution in [0.2, 0.25) is 0 Å². The molecular formula is C32H48N2O11. The Morgan fingerprint density at radius 3 is 2.07 bits per heavy atom. The summed E-state index contributed by atoms with van der Waals surface area (Å²) in [6.07, 6.45) is 11.1. The number of amides is 2. The number of rotatable bonds is 23. The summed E-state index contributed by atoms with van der Waals surface area (Å²) in [5.74, 6) is -9.14. The van der Waals surface area contributed by atoms with E-state index in [1.807, 2.05) is 0 Å². The Kier molecular flexibility index (Phi) is 18.8. The average Bonchev–Trinajstić information content (AvgIpc) is 3.00. The van der Waals surface area contributed by atoms with Gasteiger partial charge in [-0.25, -0.2) is 14.4 Å². The number of methoxy groups -OCH3 is 1. The molecule has 252 valence electrons. The van der Waals surface area contributed by atoms with Crippen molar-refractivity contribution in [3.8, 4) is 5.75 Å². The van der Waals surface area contributed by atoms with Crippen molar-refractivity contribution in [3.63, 3.8) is 0 Å². The second kappa shape index (κ2) is 21.7. The normalized spacial score (nSPS) is 13.8. The van der Waals surface area contributed by atoms with Crippen molar-refractivity contribution >= 4 is 29.7 Å². The van der Waals surface area contributed by atoms with Gasteiger partial charge in [-0.1, -0.05) is 69.7 Å². The van der Waals surface area contributed by atoms with Crippen LogP contribution in [0.25, 0.3) is 0 Å². The van der Waals surface area contributed by atoms with Gasteiger partial charge in [-0.3, -0.25) is 14.4 Å². The Labute approximate surface area is 264 Å². The largest absolute Gasteiger partial charge is 0.508 e. The highest BCUT2D eigenvalue weighted by molar-refractivity contribution is 5.93. The Morgan fingerprint density at radius 1 is 0.911 bits per heavy atom. The van der Waals surface area contributed by atoms with E-state index >= 15 is 0 Å². The highest BCUT2D eigenvalue weighted by Crippen LogP contribution is 2.24. The molecule has 1 aromatic carbocycles. The summed E-state index contributed by atoms with van der Waals surface area (Å²) < 4.78 is 9.47. The molecule has 2 amide bonds. The molecule has 0 aliphatic rings. The summed E-state index contributed by atoms with van der Waals surface area (Å²) >= 11 is 0. The third kappa shape index (κ3) is 15.0. The molecule has 0 heterocycles. The number of carboxylic acid groups (broad SMARTS) is 1. The van der Waals surface area contributed by atoms with E-state index in [1.54, 1.807) is 5.48 Å². The van der Waals surface area contributed by atoms with Crippen LogP contribution in [0.1, 0.15) is 89.5 Å². The number of aliphatic carboxylic acids is 1. The van der Waals surface area contributed by atoms with Crippen molar-refractivity contribution < 1.29 is 53.6 Å². The molecule has 13 nitrogen and oxygen atoms in total. The summed E-state index contributed by atoms with van der Waals surface area (Å²) in [7, 11) is 2.16. The fraction of sp³-hybridized carbons (Fsp3) is 0.594. The Balaban J connectivity index is 2.91. The van der Waals surface area contributed by atoms with Gasteiger partial charge in [-0.2, -0.15) is 5.48 Å². The van der Waals surface area contributed by atoms with E-state index in [1.165, 1.54) is 36.8 Å². The van der Waals surface area contributed by atoms with Crippen LogP contribution in [-0.4, -0.2) is 71.1 Å². The number of phenolic OH excluding ortho intramolecular Hbond substituents is 1. The van der Waals surface area contributed by atoms with E-state index < -0.39 is 41.7 Å². The molecule has 0 radical (unpaired) electrons. The first-order valence-electron chi connectivity index (χ1n) is 15.3. The molecule has 0 fully saturated rings. The number of ether oxygens (including phenoxy) is 2. The number of aromatic hydroxyl groups is 1. The summed E-state index contributed by atoms with van der Waals surface area (Å²) in [6, 6.07) is 4.50. The van der Waals surface area contributed by atoms with Gasteiger partial charge in [0.1, 0.15) is 23.5 Å². The maximum absolute atomic E-state index is 13.4. The lowest BCUT2D eigenvalue weighted by atomic mass is 9.94. The third-order valence-corrected chi connectivity index (χ3v) is 7.09. The minimum absolute atomic E-state index is 0.0118. The number of esters is 1. The molecule has 1 aromatic rings. The third-order valence-electron chi connectivity index (χ3n) is 7.09. The molecule has 1 rings (SSSR count). The van der Waals surface area contributed by atoms with Crippen LogP contribution in [0.4, 0.5) is 4.79 Å². The van der Waals surface area contributed by atoms with Gasteiger partial charge >= 0.3 is 23.8 Å². The first kappa shape index (κ1) is 39.1. The number of Topliss-reactive ketones (excluding diaryl/α,β-unsaturated/α-hetero) is 1. The quantitative estimate of drug-likeness (QED) is 0.0381. The molecule has 0 unspecified atom stereocenters. The van der Waals surface area contributed by atoms with Crippen molar-refractivity contribution in [2.75, 3.05) is 14.2 Å². The van der Waals surface area contributed by atoms with Crippen LogP contribution in [0.15, 0.2) is 36.4 Å². The van der Waals surface area contributed by atoms with E-state index in [-0.39, 0.29) is 18.0 Å². The molecule has 0 aliphatic heterocycles. The van der Waals surface area contributed by atoms with Gasteiger partial charge in [0, 0.05) is 19.3 Å². The highest BCUT2D eigenvalue weighted by Gasteiger charge is 2.52. The number of hydroxylamine groups is 1. The molecular weight excluding hydrogens is 588 g/mol. The number of phenols is 1. The fourth-order valence-corrected chi connectivity index (χ4v) is 4.57. The maximum Gasteiger partial charge on any atom is 0.434 e. The Hall–Kier alpha value is -3.97. The van der Waals surface area contributed by atoms with Crippen LogP contribution in [-0.2, 0) is 39.9 Å². The minimum Gasteiger partial charge on any atom is -0.508 e. The zero-order chi connectivity index (χ0) is 33.7. The fourth-order valence-electron chi connectivity index (χ4n) is 4.57. The maximum atomic E-state index is 13.4. The number of allylic oxidation sites excluding steroid dienone is 1. The van der Waals surface area contributed by atoms with E-state index in [9.17, 15) is 39.3 Å². The topological polar surface area (TPSA) is 198 Å². The lowest BCUT2D eigenvalue weighted by Gasteiger charge is -2.30. The summed E-state index contributed by atoms with van der Waals surface area (Å²) in [4.78, 5) is 66.5. The zero-order valence-corrected chi connectivity index (χ0v) is 26.4. The van der Waals surface area contributed by atoms with Crippen molar-refractivity contribution in [1.29, 1.82) is 0 Å². The first-order valence-corrected chi connectivity index (χ1v) is 15.3. The Bertz CT molecular complexity index is 1110. The van der Waals surface area contributed by atoms with Gasteiger partial charge in [-0.05, 0) is 43.4 Å². The van der Waals surface area contributed by atoms with Crippen molar-refractivity contribution in [2.24, 2.45) is 5.92 Å². The summed E-state index contributed by atoms with van der Waals surface area (Å²) in [6.45, 7) is 2.15. The van der Waals surface area contributed by atoms with Crippen LogP contribution in [0.5, 0.6) is 5.75 Å². The lowest BCUT2D eigenvalue weighted by molar-refractivity contribution is -0.218. The van der Waals surface area contributed by atoms with Crippen LogP contribution in [0, 0.1) is 5.92 Å². The number of hydrogen-bond acceptors (Lipinski definition) is 10. The number of carboxylic acids is 1. The SMILES string of the molecule is CCCCCCCC(=O)CCCCCC/C=C/[C@H](C(=O)N[C@@H](Cc1ccc(O)cc1)C(=O)OC)[C@@](O)(OC(=O)NOC)C(=O)O. The van der Waals surface area contributed by atoms with Crippen molar-refractivity contribution in [3.05, 3.63) is 42.0 Å². The second-order valence-electron chi connectivity index (χ2n) is 10.7. The van der Waals surface area contributed by atoms with Crippen LogP contribution >= 0.6 is 0 Å². The molecule has 13 heteroatoms. The molecule has 0 aliphatic carbocycles. The smallest absolute Gasteiger partial charge is 0.434 e. The number of nitrogens with one attached hydrogen (secondary N) is 2. The number of aliphatic hydroxyl groups is 1. The number of hydrogen-bond donors (Lipinski definition) is 5. The zero-order valence-electron chi connectivity index (χ0n) is 26.4. The van der Waals surface area contributed by atoms with Crippen LogP contribution < -0.4 is 10.8 Å². The molecule has 45 heavy (non-hydrogen) atoms. The first-order chi connectivity index (χ1) is 21.5. The van der Waals surface area contributed by atoms with Gasteiger partial charge in [0.25, 0.3) is 0 Å². The average molecular weight is 637 g/mol. The van der Waals surface area contributed by atoms with E-state index in [2.05, 4.69) is 17.1 Å². The molecule has 0 aromatic heterocycles. The van der Waals surface area contributed by atoms with Crippen molar-refractivity contribution in [1.82, 2.24) is 10.8 Å². The van der Waals surface area contributed by atoms with Gasteiger partial charge in [0.15, 0.2) is 0 Å². The standard InChI is InChI=1S/C32H48N2O11/c1-4-5-6-9-12-15-24(35)16-13-10-7-8-11-14-17-26(32(42,30(39)40)45-31(41)34-44-3)28(37)33-27(29(38)43-2)22-23-18-20-25(36)21-19-23/h14,17-21,26-27,36,42H,4-13,15-16,22H2,1-3H3,(H,33,37)(H,34,41)(H,39,40)/b17-14+/t26-,27+,32-/m1/s1. The van der Waals surface area contributed by atoms with E-state index in [0.29, 0.717) is 31.2 Å². The molecule has 0 saturated heterocycles. The van der Waals surface area contributed by atoms with E-state index in [0.717, 1.165) is 65.2 Å². The number of carbonyl (C=O) groups excluding carboxylic acids is 4. The second-order valence-corrected chi connectivity index (χ2v) is 10.7. The molecule has 0 saturated carbocycles. The molecule has 3 atom stereocenters. The number of ketones is 1. The molecule has 0 bridgehead atoms. The predicted octanol–water partition coefficient (Wildman–Crippen LogP) is 4.10. The van der Waals surface area contributed by atoms with Gasteiger partial charge < -0.3 is 30.1 Å².